The third kappa shape index (κ3) is 29.9. The van der Waals surface area contributed by atoms with E-state index in [4.69, 9.17) is 33.2 Å². The molecule has 0 heterocycles. The van der Waals surface area contributed by atoms with Gasteiger partial charge in [-0.3, -0.25) is 0 Å². The molecule has 0 bridgehead atoms. The standard InChI is InChI=1S/C21H28O2.C20H26O2.C19H24O2.C18H22O2.C18H24O2.2C17H22O2.5CH4/c1-16(2)19(22)23-20(3)15-18-10-6-5-9-17(18)11-14-21(20)12-7-4-8-13-21;1-15(2)18(21)22-19(3)14-17-9-5-4-8-16(17)10-13-20(19)11-6-7-12-20;1-14(2)17(20)21-18(3)13-16-8-5-4-7-15(16)9-12-19(18)10-6-11-19;1-4-18(20-16(19)13(2)3)12-15-8-6-5-7-14(15)11-17(18)9-10-17;1-13(2)17(19)20-18(14(3)4)11-7-10-15-8-5-6-9-16(15)12-18;1-13(2)16(18)19-17(3)11-6-9-14-7-4-5-8-15(14)10-12-17;1-4-17(19-16(18)13(2)3)11-7-10-14-8-5-6-9-15(14)12-17;;;;;/h5-6,9-10H,1,4,7-8,11-15H2,2-3H3;4-5,8-9H,1,6-7,10-14H2,2-3H3;4-5,7-8H,1,6,9-13H2,2-3H3;5-8H,2,4,9-12H2,1,3H3;5-6,8-9,14H,1,7,10-12H2,2-4H3;4-5,7-8H,1,6,9-12H2,2-3H3;5-6,8-9H,2,4,7,10-12H2,1,3H3;5*1H4. The maximum Gasteiger partial charge on any atom is 0.333 e. The van der Waals surface area contributed by atoms with Gasteiger partial charge in [0.05, 0.1) is 0 Å². The number of carbonyl (C=O) groups is 7. The molecule has 0 N–H and O–H groups in total. The second kappa shape index (κ2) is 53.8. The van der Waals surface area contributed by atoms with Crippen LogP contribution in [0.3, 0.4) is 0 Å². The molecule has 7 atom stereocenters. The van der Waals surface area contributed by atoms with Crippen molar-refractivity contribution in [3.05, 3.63) is 333 Å². The highest BCUT2D eigenvalue weighted by atomic mass is 16.6. The Labute approximate surface area is 900 Å². The van der Waals surface area contributed by atoms with Crippen molar-refractivity contribution < 1.29 is 66.7 Å². The summed E-state index contributed by atoms with van der Waals surface area (Å²) < 4.78 is 41.5. The van der Waals surface area contributed by atoms with Crippen molar-refractivity contribution in [1.82, 2.24) is 0 Å². The van der Waals surface area contributed by atoms with Crippen LogP contribution in [0.5, 0.6) is 0 Å². The van der Waals surface area contributed by atoms with Crippen LogP contribution in [-0.2, 0) is 157 Å². The van der Waals surface area contributed by atoms with E-state index in [0.717, 1.165) is 167 Å². The Morgan fingerprint density at radius 2 is 0.503 bits per heavy atom. The predicted octanol–water partition coefficient (Wildman–Crippen LogP) is 32.6. The molecule has 0 aromatic heterocycles. The highest BCUT2D eigenvalue weighted by Crippen LogP contribution is 2.64. The second-order valence-corrected chi connectivity index (χ2v) is 45.9. The fourth-order valence-corrected chi connectivity index (χ4v) is 25.0. The molecule has 149 heavy (non-hydrogen) atoms. The van der Waals surface area contributed by atoms with Gasteiger partial charge < -0.3 is 33.2 Å². The van der Waals surface area contributed by atoms with Gasteiger partial charge in [0.2, 0.25) is 0 Å². The summed E-state index contributed by atoms with van der Waals surface area (Å²) in [5.74, 6) is -1.47. The van der Waals surface area contributed by atoms with E-state index in [1.165, 1.54) is 168 Å². The number of esters is 7. The molecule has 4 spiro atoms. The number of carbonyl (C=O) groups excluding carboxylic acids is 7. The molecule has 0 radical (unpaired) electrons. The van der Waals surface area contributed by atoms with Crippen LogP contribution in [0, 0.1) is 27.6 Å². The summed E-state index contributed by atoms with van der Waals surface area (Å²) in [6.07, 6.45) is 42.2. The number of benzene rings is 7. The van der Waals surface area contributed by atoms with Crippen molar-refractivity contribution in [2.24, 2.45) is 27.6 Å². The molecular weight excluding hydrogens is 1850 g/mol. The number of hydrogen-bond acceptors (Lipinski definition) is 14. The van der Waals surface area contributed by atoms with E-state index in [2.05, 4.69) is 264 Å². The van der Waals surface area contributed by atoms with Gasteiger partial charge in [0.1, 0.15) is 39.2 Å². The normalized spacial score (nSPS) is 23.8. The Hall–Kier alpha value is -11.0. The molecule has 4 fully saturated rings. The van der Waals surface area contributed by atoms with Crippen molar-refractivity contribution in [1.29, 1.82) is 0 Å². The maximum absolute atomic E-state index is 12.3. The number of ether oxygens (including phenoxy) is 7. The summed E-state index contributed by atoms with van der Waals surface area (Å²) in [6, 6.07) is 60.0. The van der Waals surface area contributed by atoms with Crippen LogP contribution in [-0.4, -0.2) is 81.0 Å². The van der Waals surface area contributed by atoms with Gasteiger partial charge in [-0.2, -0.15) is 0 Å². The maximum atomic E-state index is 12.3. The number of fused-ring (bicyclic) bond motifs is 7. The van der Waals surface area contributed by atoms with Crippen LogP contribution in [0.25, 0.3) is 0 Å². The summed E-state index contributed by atoms with van der Waals surface area (Å²) in [6.45, 7) is 55.1. The smallest absolute Gasteiger partial charge is 0.333 e. The Balaban J connectivity index is 0.000000234. The van der Waals surface area contributed by atoms with Crippen molar-refractivity contribution >= 4 is 41.8 Å². The number of hydrogen-bond donors (Lipinski definition) is 0. The van der Waals surface area contributed by atoms with E-state index in [1.807, 2.05) is 6.92 Å². The van der Waals surface area contributed by atoms with Gasteiger partial charge in [-0.1, -0.05) is 319 Å². The molecule has 4 saturated carbocycles. The minimum Gasteiger partial charge on any atom is -0.456 e. The van der Waals surface area contributed by atoms with E-state index >= 15 is 0 Å². The summed E-state index contributed by atoms with van der Waals surface area (Å²) in [7, 11) is 0. The van der Waals surface area contributed by atoms with Crippen molar-refractivity contribution in [3.63, 3.8) is 0 Å². The Morgan fingerprint density at radius 1 is 0.242 bits per heavy atom. The van der Waals surface area contributed by atoms with Gasteiger partial charge >= 0.3 is 41.8 Å². The topological polar surface area (TPSA) is 184 Å². The molecule has 18 rings (SSSR count). The van der Waals surface area contributed by atoms with Crippen LogP contribution in [0.4, 0.5) is 0 Å². The highest BCUT2D eigenvalue weighted by Gasteiger charge is 2.63. The van der Waals surface area contributed by atoms with Crippen LogP contribution in [0.2, 0.25) is 0 Å². The van der Waals surface area contributed by atoms with Crippen LogP contribution in [0.15, 0.2) is 255 Å². The lowest BCUT2D eigenvalue weighted by Gasteiger charge is -2.53. The average molecular weight is 2030 g/mol. The lowest BCUT2D eigenvalue weighted by atomic mass is 9.56. The first-order valence-corrected chi connectivity index (χ1v) is 54.1. The lowest BCUT2D eigenvalue weighted by molar-refractivity contribution is -0.181. The summed E-state index contributed by atoms with van der Waals surface area (Å²) in [4.78, 5) is 84.5. The molecule has 7 unspecified atom stereocenters. The van der Waals surface area contributed by atoms with E-state index < -0.39 is 22.4 Å². The highest BCUT2D eigenvalue weighted by molar-refractivity contribution is 5.90. The fourth-order valence-electron chi connectivity index (χ4n) is 25.0. The zero-order chi connectivity index (χ0) is 104. The second-order valence-electron chi connectivity index (χ2n) is 45.9. The zero-order valence-electron chi connectivity index (χ0n) is 90.2. The van der Waals surface area contributed by atoms with Crippen molar-refractivity contribution in [2.45, 2.75) is 437 Å². The molecule has 7 aromatic carbocycles. The van der Waals surface area contributed by atoms with Gasteiger partial charge in [-0.15, -0.1) is 0 Å². The average Bonchev–Trinajstić information content (AvgIpc) is 1.55. The molecule has 0 saturated heterocycles. The van der Waals surface area contributed by atoms with E-state index in [-0.39, 0.29) is 123 Å². The van der Waals surface area contributed by atoms with Gasteiger partial charge in [0, 0.05) is 99.2 Å². The summed E-state index contributed by atoms with van der Waals surface area (Å²) in [5, 5.41) is 0. The predicted molar refractivity (Wildman–Crippen MR) is 615 cm³/mol. The fraction of sp³-hybridized carbons (Fsp3) is 0.533. The molecule has 11 aliphatic rings. The molecule has 0 amide bonds. The number of aryl methyl sites for hydroxylation is 7. The van der Waals surface area contributed by atoms with Gasteiger partial charge in [-0.05, 0) is 340 Å². The van der Waals surface area contributed by atoms with Crippen LogP contribution < -0.4 is 0 Å². The van der Waals surface area contributed by atoms with E-state index in [9.17, 15) is 33.6 Å². The van der Waals surface area contributed by atoms with Crippen LogP contribution >= 0.6 is 0 Å². The minimum atomic E-state index is -0.434. The molecule has 14 heteroatoms. The molecule has 11 aliphatic carbocycles. The third-order valence-electron chi connectivity index (χ3n) is 35.0. The van der Waals surface area contributed by atoms with Gasteiger partial charge in [0.15, 0.2) is 0 Å². The molecular formula is C135H188O14. The molecule has 812 valence electrons. The quantitative estimate of drug-likeness (QED) is 0.0363. The summed E-state index contributed by atoms with van der Waals surface area (Å²) >= 11 is 0. The van der Waals surface area contributed by atoms with E-state index in [1.54, 1.807) is 48.5 Å². The Bertz CT molecular complexity index is 5830. The van der Waals surface area contributed by atoms with Crippen molar-refractivity contribution in [3.8, 4) is 0 Å². The lowest BCUT2D eigenvalue weighted by Crippen LogP contribution is -2.54. The van der Waals surface area contributed by atoms with Crippen molar-refractivity contribution in [2.75, 3.05) is 0 Å². The number of rotatable bonds is 17. The van der Waals surface area contributed by atoms with E-state index in [0.29, 0.717) is 39.0 Å². The SMILES string of the molecule is C.C.C.C.C.C=C(C)C(=O)OC1(C(C)C)CCCc2ccccc2C1.C=C(C)C(=O)OC1(C)CCCc2ccccc2CC1.C=C(C)C(=O)OC1(C)Cc2ccccc2CCC12CCC2.C=C(C)C(=O)OC1(C)Cc2ccccc2CCC12CCCC2.C=C(C)C(=O)OC1(C)Cc2ccccc2CCC12CCCCC2.C=C(C)C(=O)OC1(CC)CCCc2ccccc2C1.C=C(C)C(=O)OC1(CC)Cc2ccccc2CC12CC2. The first-order valence-electron chi connectivity index (χ1n) is 54.1. The molecule has 14 nitrogen and oxygen atoms in total. The largest absolute Gasteiger partial charge is 0.456 e. The van der Waals surface area contributed by atoms with Crippen LogP contribution in [0.1, 0.15) is 386 Å². The molecule has 7 aromatic rings. The van der Waals surface area contributed by atoms with Gasteiger partial charge in [-0.25, -0.2) is 33.6 Å². The minimum absolute atomic E-state index is 0. The monoisotopic (exact) mass is 2030 g/mol. The van der Waals surface area contributed by atoms with Gasteiger partial charge in [0.25, 0.3) is 0 Å². The first kappa shape index (κ1) is 125. The first-order chi connectivity index (χ1) is 68.4. The third-order valence-corrected chi connectivity index (χ3v) is 35.0. The summed E-state index contributed by atoms with van der Waals surface area (Å²) in [5.41, 5.74) is 20.5. The zero-order valence-corrected chi connectivity index (χ0v) is 90.2. The Kier molecular flexibility index (Phi) is 45.1. The molecule has 0 aliphatic heterocycles. The Morgan fingerprint density at radius 3 is 0.832 bits per heavy atom.